The molecule has 4 rings (SSSR count). The number of amides is 3. The molecule has 3 amide bonds. The lowest BCUT2D eigenvalue weighted by Crippen LogP contribution is -2.43. The number of benzene rings is 2. The third-order valence-electron chi connectivity index (χ3n) is 5.38. The largest absolute Gasteiger partial charge is 0.364 e. The van der Waals surface area contributed by atoms with E-state index in [4.69, 9.17) is 17.3 Å². The zero-order valence-corrected chi connectivity index (χ0v) is 18.1. The maximum Gasteiger partial charge on any atom is 0.269 e. The molecule has 8 nitrogen and oxygen atoms in total. The van der Waals surface area contributed by atoms with Gasteiger partial charge in [0.05, 0.1) is 22.5 Å². The maximum atomic E-state index is 14.3. The summed E-state index contributed by atoms with van der Waals surface area (Å²) in [5.74, 6) is -3.10. The monoisotopic (exact) mass is 475 g/mol. The fourth-order valence-electron chi connectivity index (χ4n) is 3.60. The van der Waals surface area contributed by atoms with E-state index in [1.54, 1.807) is 6.07 Å². The van der Waals surface area contributed by atoms with Gasteiger partial charge in [-0.1, -0.05) is 29.8 Å². The summed E-state index contributed by atoms with van der Waals surface area (Å²) in [5.41, 5.74) is 5.52. The van der Waals surface area contributed by atoms with Crippen LogP contribution in [0, 0.1) is 11.6 Å². The molecule has 0 saturated heterocycles. The summed E-state index contributed by atoms with van der Waals surface area (Å²) >= 11 is 5.75. The number of nitrogens with zero attached hydrogens (tertiary/aromatic N) is 3. The van der Waals surface area contributed by atoms with Crippen molar-refractivity contribution in [3.05, 3.63) is 64.3 Å². The molecule has 1 aliphatic carbocycles. The van der Waals surface area contributed by atoms with Gasteiger partial charge in [0.15, 0.2) is 5.69 Å². The maximum absolute atomic E-state index is 14.3. The summed E-state index contributed by atoms with van der Waals surface area (Å²) in [4.78, 5) is 38.6. The molecule has 1 fully saturated rings. The molecule has 1 aromatic heterocycles. The van der Waals surface area contributed by atoms with Crippen molar-refractivity contribution in [3.63, 3.8) is 0 Å². The Bertz CT molecular complexity index is 1260. The van der Waals surface area contributed by atoms with E-state index >= 15 is 0 Å². The molecule has 0 bridgehead atoms. The predicted octanol–water partition coefficient (Wildman–Crippen LogP) is 2.37. The summed E-state index contributed by atoms with van der Waals surface area (Å²) in [7, 11) is 0. The average molecular weight is 476 g/mol. The number of hydrogen-bond donors (Lipinski definition) is 2. The number of carbonyl (C=O) groups excluding carboxylic acids is 3. The Hall–Kier alpha value is -3.53. The molecule has 3 N–H and O–H groups in total. The molecule has 0 unspecified atom stereocenters. The average Bonchev–Trinajstić information content (AvgIpc) is 3.54. The number of carbonyl (C=O) groups is 3. The van der Waals surface area contributed by atoms with E-state index in [1.165, 1.54) is 39.9 Å². The van der Waals surface area contributed by atoms with Gasteiger partial charge in [-0.25, -0.2) is 8.78 Å². The molecule has 1 aliphatic rings. The van der Waals surface area contributed by atoms with Crippen LogP contribution in [0.15, 0.2) is 36.4 Å². The Balaban J connectivity index is 1.47. The standard InChI is InChI=1S/C22H20ClF2N5O3/c23-14-4-1-3-12(20(14)25)9-27-17(31)10-29(13-7-8-13)18(32)11-30-16-6-2-5-15(24)19(16)21(28-30)22(26)33/h1-6,13H,7-11H2,(H2,26,33)(H,27,31). The van der Waals surface area contributed by atoms with Crippen molar-refractivity contribution in [2.24, 2.45) is 5.73 Å². The van der Waals surface area contributed by atoms with Crippen LogP contribution in [0.2, 0.25) is 5.02 Å². The Kier molecular flexibility index (Phi) is 6.28. The van der Waals surface area contributed by atoms with Crippen LogP contribution in [0.25, 0.3) is 10.9 Å². The van der Waals surface area contributed by atoms with Gasteiger partial charge in [-0.2, -0.15) is 5.10 Å². The number of rotatable bonds is 8. The molecule has 0 radical (unpaired) electrons. The second-order valence-corrected chi connectivity index (χ2v) is 8.15. The first kappa shape index (κ1) is 22.7. The van der Waals surface area contributed by atoms with Crippen LogP contribution in [0.1, 0.15) is 28.9 Å². The zero-order valence-electron chi connectivity index (χ0n) is 17.4. The van der Waals surface area contributed by atoms with Crippen molar-refractivity contribution in [3.8, 4) is 0 Å². The highest BCUT2D eigenvalue weighted by molar-refractivity contribution is 6.30. The third kappa shape index (κ3) is 4.80. The minimum atomic E-state index is -0.914. The molecule has 11 heteroatoms. The van der Waals surface area contributed by atoms with Crippen molar-refractivity contribution in [2.75, 3.05) is 6.54 Å². The number of nitrogens with two attached hydrogens (primary N) is 1. The van der Waals surface area contributed by atoms with E-state index in [0.717, 1.165) is 12.8 Å². The SMILES string of the molecule is NC(=O)c1nn(CC(=O)N(CC(=O)NCc2cccc(Cl)c2F)C2CC2)c2cccc(F)c12. The number of fused-ring (bicyclic) bond motifs is 1. The molecular weight excluding hydrogens is 456 g/mol. The van der Waals surface area contributed by atoms with Gasteiger partial charge in [0.1, 0.15) is 18.2 Å². The summed E-state index contributed by atoms with van der Waals surface area (Å²) in [6, 6.07) is 8.51. The molecule has 0 aliphatic heterocycles. The van der Waals surface area contributed by atoms with E-state index < -0.39 is 29.4 Å². The first-order valence-corrected chi connectivity index (χ1v) is 10.6. The summed E-state index contributed by atoms with van der Waals surface area (Å²) < 4.78 is 29.5. The number of hydrogen-bond acceptors (Lipinski definition) is 4. The van der Waals surface area contributed by atoms with Crippen molar-refractivity contribution >= 4 is 40.2 Å². The number of primary amides is 1. The van der Waals surface area contributed by atoms with E-state index in [0.29, 0.717) is 0 Å². The molecule has 2 aromatic carbocycles. The quantitative estimate of drug-likeness (QED) is 0.521. The highest BCUT2D eigenvalue weighted by Gasteiger charge is 2.34. The van der Waals surface area contributed by atoms with Crippen molar-refractivity contribution < 1.29 is 23.2 Å². The third-order valence-corrected chi connectivity index (χ3v) is 5.67. The Labute approximate surface area is 192 Å². The van der Waals surface area contributed by atoms with Crippen LogP contribution in [-0.4, -0.2) is 45.0 Å². The Morgan fingerprint density at radius 1 is 1.18 bits per heavy atom. The number of halogens is 3. The first-order valence-electron chi connectivity index (χ1n) is 10.2. The highest BCUT2D eigenvalue weighted by Crippen LogP contribution is 2.28. The molecule has 0 spiro atoms. The molecule has 172 valence electrons. The van der Waals surface area contributed by atoms with Gasteiger partial charge in [0.25, 0.3) is 5.91 Å². The van der Waals surface area contributed by atoms with Crippen LogP contribution in [0.3, 0.4) is 0 Å². The summed E-state index contributed by atoms with van der Waals surface area (Å²) in [6.45, 7) is -0.620. The molecule has 33 heavy (non-hydrogen) atoms. The minimum Gasteiger partial charge on any atom is -0.364 e. The first-order chi connectivity index (χ1) is 15.8. The molecule has 1 saturated carbocycles. The summed E-state index contributed by atoms with van der Waals surface area (Å²) in [5, 5.41) is 6.51. The minimum absolute atomic E-state index is 0.0465. The lowest BCUT2D eigenvalue weighted by molar-refractivity contribution is -0.137. The van der Waals surface area contributed by atoms with Crippen molar-refractivity contribution in [1.82, 2.24) is 20.0 Å². The van der Waals surface area contributed by atoms with Crippen LogP contribution >= 0.6 is 11.6 Å². The van der Waals surface area contributed by atoms with Gasteiger partial charge in [-0.15, -0.1) is 0 Å². The highest BCUT2D eigenvalue weighted by atomic mass is 35.5. The van der Waals surface area contributed by atoms with Gasteiger partial charge in [-0.05, 0) is 31.0 Å². The van der Waals surface area contributed by atoms with Gasteiger partial charge in [0.2, 0.25) is 11.8 Å². The number of aromatic nitrogens is 2. The van der Waals surface area contributed by atoms with E-state index in [-0.39, 0.29) is 52.9 Å². The van der Waals surface area contributed by atoms with Gasteiger partial charge in [0, 0.05) is 18.2 Å². The van der Waals surface area contributed by atoms with Crippen LogP contribution < -0.4 is 11.1 Å². The van der Waals surface area contributed by atoms with E-state index in [2.05, 4.69) is 10.4 Å². The number of nitrogens with one attached hydrogen (secondary N) is 1. The Morgan fingerprint density at radius 2 is 1.91 bits per heavy atom. The topological polar surface area (TPSA) is 110 Å². The smallest absolute Gasteiger partial charge is 0.269 e. The molecular formula is C22H20ClF2N5O3. The zero-order chi connectivity index (χ0) is 23.7. The summed E-state index contributed by atoms with van der Waals surface area (Å²) in [6.07, 6.45) is 1.48. The van der Waals surface area contributed by atoms with E-state index in [1.807, 2.05) is 0 Å². The van der Waals surface area contributed by atoms with Gasteiger partial charge < -0.3 is 16.0 Å². The van der Waals surface area contributed by atoms with Crippen LogP contribution in [0.5, 0.6) is 0 Å². The molecule has 0 atom stereocenters. The molecule has 3 aromatic rings. The predicted molar refractivity (Wildman–Crippen MR) is 116 cm³/mol. The van der Waals surface area contributed by atoms with Crippen molar-refractivity contribution in [2.45, 2.75) is 32.0 Å². The Morgan fingerprint density at radius 3 is 2.61 bits per heavy atom. The van der Waals surface area contributed by atoms with Crippen molar-refractivity contribution in [1.29, 1.82) is 0 Å². The van der Waals surface area contributed by atoms with E-state index in [9.17, 15) is 23.2 Å². The second kappa shape index (κ2) is 9.14. The van der Waals surface area contributed by atoms with Crippen LogP contribution in [0.4, 0.5) is 8.78 Å². The normalized spacial score (nSPS) is 13.2. The lowest BCUT2D eigenvalue weighted by Gasteiger charge is -2.22. The van der Waals surface area contributed by atoms with Gasteiger partial charge in [-0.3, -0.25) is 19.1 Å². The fraction of sp³-hybridized carbons (Fsp3) is 0.273. The van der Waals surface area contributed by atoms with Gasteiger partial charge >= 0.3 is 0 Å². The second-order valence-electron chi connectivity index (χ2n) is 7.75. The van der Waals surface area contributed by atoms with Crippen LogP contribution in [-0.2, 0) is 22.7 Å². The lowest BCUT2D eigenvalue weighted by atomic mass is 10.2. The molecule has 1 heterocycles. The fourth-order valence-corrected chi connectivity index (χ4v) is 3.79.